The second-order valence-electron chi connectivity index (χ2n) is 4.76. The molecule has 1 atom stereocenters. The van der Waals surface area contributed by atoms with E-state index in [1.54, 1.807) is 6.07 Å². The maximum atomic E-state index is 11.8. The summed E-state index contributed by atoms with van der Waals surface area (Å²) in [5.41, 5.74) is 0.743. The number of ether oxygens (including phenoxy) is 1. The third-order valence-electron chi connectivity index (χ3n) is 2.18. The summed E-state index contributed by atoms with van der Waals surface area (Å²) in [6.07, 6.45) is 0.0958. The van der Waals surface area contributed by atoms with Crippen LogP contribution in [0.5, 0.6) is 5.75 Å². The van der Waals surface area contributed by atoms with Crippen LogP contribution in [0.4, 0.5) is 0 Å². The van der Waals surface area contributed by atoms with Crippen molar-refractivity contribution in [2.75, 3.05) is 0 Å². The van der Waals surface area contributed by atoms with E-state index < -0.39 is 5.38 Å². The summed E-state index contributed by atoms with van der Waals surface area (Å²) in [6.45, 7) is 7.71. The highest BCUT2D eigenvalue weighted by molar-refractivity contribution is 6.30. The van der Waals surface area contributed by atoms with Crippen molar-refractivity contribution in [3.8, 4) is 5.75 Å². The number of alkyl halides is 1. The number of carbonyl (C=O) groups excluding carboxylic acids is 1. The number of benzene rings is 1. The van der Waals surface area contributed by atoms with E-state index in [9.17, 15) is 4.79 Å². The van der Waals surface area contributed by atoms with Crippen molar-refractivity contribution < 1.29 is 9.53 Å². The highest BCUT2D eigenvalue weighted by Crippen LogP contribution is 2.25. The molecule has 0 saturated carbocycles. The van der Waals surface area contributed by atoms with E-state index in [-0.39, 0.29) is 18.1 Å². The molecule has 0 aliphatic rings. The lowest BCUT2D eigenvalue weighted by atomic mass is 10.1. The zero-order valence-electron chi connectivity index (χ0n) is 11.2. The Hall–Kier alpha value is -1.22. The van der Waals surface area contributed by atoms with Gasteiger partial charge in [0.1, 0.15) is 11.1 Å². The average molecular weight is 270 g/mol. The average Bonchev–Trinajstić information content (AvgIpc) is 2.26. The van der Waals surface area contributed by atoms with Gasteiger partial charge in [-0.15, -0.1) is 11.6 Å². The number of nitrogens with one attached hydrogen (secondary N) is 1. The van der Waals surface area contributed by atoms with Crippen molar-refractivity contribution in [1.29, 1.82) is 0 Å². The molecule has 0 radical (unpaired) electrons. The largest absolute Gasteiger partial charge is 0.491 e. The molecule has 1 aromatic carbocycles. The van der Waals surface area contributed by atoms with Crippen LogP contribution in [-0.2, 0) is 4.79 Å². The zero-order valence-corrected chi connectivity index (χ0v) is 12.0. The number of amides is 1. The molecule has 0 aliphatic carbocycles. The van der Waals surface area contributed by atoms with E-state index in [0.717, 1.165) is 11.3 Å². The van der Waals surface area contributed by atoms with Gasteiger partial charge in [-0.25, -0.2) is 0 Å². The molecule has 0 bridgehead atoms. The van der Waals surface area contributed by atoms with Gasteiger partial charge < -0.3 is 10.1 Å². The number of carbonyl (C=O) groups is 1. The van der Waals surface area contributed by atoms with Crippen LogP contribution in [0.25, 0.3) is 0 Å². The van der Waals surface area contributed by atoms with E-state index in [0.29, 0.717) is 0 Å². The quantitative estimate of drug-likeness (QED) is 0.833. The van der Waals surface area contributed by atoms with Gasteiger partial charge in [-0.05, 0) is 45.4 Å². The molecule has 1 aromatic rings. The van der Waals surface area contributed by atoms with Crippen LogP contribution < -0.4 is 10.1 Å². The van der Waals surface area contributed by atoms with Crippen LogP contribution in [0.3, 0.4) is 0 Å². The smallest absolute Gasteiger partial charge is 0.242 e. The van der Waals surface area contributed by atoms with Gasteiger partial charge in [-0.1, -0.05) is 12.1 Å². The predicted molar refractivity (Wildman–Crippen MR) is 74.1 cm³/mol. The van der Waals surface area contributed by atoms with Gasteiger partial charge in [-0.2, -0.15) is 0 Å². The summed E-state index contributed by atoms with van der Waals surface area (Å²) in [6, 6.07) is 7.40. The highest BCUT2D eigenvalue weighted by atomic mass is 35.5. The van der Waals surface area contributed by atoms with Crippen LogP contribution in [0.2, 0.25) is 0 Å². The number of hydrogen-bond acceptors (Lipinski definition) is 2. The maximum absolute atomic E-state index is 11.8. The Morgan fingerprint density at radius 3 is 2.50 bits per heavy atom. The molecule has 4 heteroatoms. The minimum atomic E-state index is -0.692. The summed E-state index contributed by atoms with van der Waals surface area (Å²) in [7, 11) is 0. The molecule has 0 heterocycles. The molecule has 0 aromatic heterocycles. The molecule has 3 nitrogen and oxygen atoms in total. The minimum absolute atomic E-state index is 0.0776. The molecule has 1 amide bonds. The van der Waals surface area contributed by atoms with Gasteiger partial charge in [0, 0.05) is 6.04 Å². The molecule has 18 heavy (non-hydrogen) atoms. The highest BCUT2D eigenvalue weighted by Gasteiger charge is 2.18. The zero-order chi connectivity index (χ0) is 13.7. The van der Waals surface area contributed by atoms with E-state index in [1.807, 2.05) is 45.9 Å². The molecule has 1 unspecified atom stereocenters. The SMILES string of the molecule is CC(C)NC(=O)C(Cl)c1cccc(OC(C)C)c1. The summed E-state index contributed by atoms with van der Waals surface area (Å²) in [5.74, 6) is 0.541. The van der Waals surface area contributed by atoms with Gasteiger partial charge in [0.2, 0.25) is 5.91 Å². The van der Waals surface area contributed by atoms with Crippen LogP contribution in [0.1, 0.15) is 38.6 Å². The molecule has 0 aliphatic heterocycles. The summed E-state index contributed by atoms with van der Waals surface area (Å²) in [5, 5.41) is 2.10. The van der Waals surface area contributed by atoms with Gasteiger partial charge in [0.15, 0.2) is 0 Å². The maximum Gasteiger partial charge on any atom is 0.242 e. The van der Waals surface area contributed by atoms with Crippen molar-refractivity contribution in [3.05, 3.63) is 29.8 Å². The number of hydrogen-bond donors (Lipinski definition) is 1. The van der Waals surface area contributed by atoms with Crippen LogP contribution in [0.15, 0.2) is 24.3 Å². The summed E-state index contributed by atoms with van der Waals surface area (Å²) < 4.78 is 5.58. The number of rotatable bonds is 5. The van der Waals surface area contributed by atoms with E-state index in [4.69, 9.17) is 16.3 Å². The first-order chi connectivity index (χ1) is 8.40. The van der Waals surface area contributed by atoms with Gasteiger partial charge in [0.05, 0.1) is 6.10 Å². The van der Waals surface area contributed by atoms with E-state index in [1.165, 1.54) is 0 Å². The fraction of sp³-hybridized carbons (Fsp3) is 0.500. The second-order valence-corrected chi connectivity index (χ2v) is 5.20. The van der Waals surface area contributed by atoms with Gasteiger partial charge in [0.25, 0.3) is 0 Å². The Balaban J connectivity index is 2.79. The minimum Gasteiger partial charge on any atom is -0.491 e. The van der Waals surface area contributed by atoms with Crippen molar-refractivity contribution >= 4 is 17.5 Å². The standard InChI is InChI=1S/C14H20ClNO2/c1-9(2)16-14(17)13(15)11-6-5-7-12(8-11)18-10(3)4/h5-10,13H,1-4H3,(H,16,17). The van der Waals surface area contributed by atoms with E-state index in [2.05, 4.69) is 5.32 Å². The molecule has 100 valence electrons. The molecular weight excluding hydrogens is 250 g/mol. The Kier molecular flexibility index (Phi) is 5.48. The van der Waals surface area contributed by atoms with Gasteiger partial charge in [-0.3, -0.25) is 4.79 Å². The summed E-state index contributed by atoms with van der Waals surface area (Å²) >= 11 is 6.14. The predicted octanol–water partition coefficient (Wildman–Crippen LogP) is 3.28. The number of halogens is 1. The monoisotopic (exact) mass is 269 g/mol. The molecule has 0 spiro atoms. The van der Waals surface area contributed by atoms with Gasteiger partial charge >= 0.3 is 0 Å². The third kappa shape index (κ3) is 4.57. The molecule has 0 fully saturated rings. The lowest BCUT2D eigenvalue weighted by Gasteiger charge is -2.15. The first-order valence-corrected chi connectivity index (χ1v) is 6.55. The Morgan fingerprint density at radius 1 is 1.28 bits per heavy atom. The Labute approximate surface area is 113 Å². The van der Waals surface area contributed by atoms with Crippen molar-refractivity contribution in [2.45, 2.75) is 45.2 Å². The first kappa shape index (κ1) is 14.8. The van der Waals surface area contributed by atoms with Crippen LogP contribution >= 0.6 is 11.6 Å². The molecular formula is C14H20ClNO2. The third-order valence-corrected chi connectivity index (χ3v) is 2.63. The van der Waals surface area contributed by atoms with Crippen molar-refractivity contribution in [2.24, 2.45) is 0 Å². The Bertz CT molecular complexity index is 405. The second kappa shape index (κ2) is 6.64. The molecule has 1 rings (SSSR count). The van der Waals surface area contributed by atoms with Crippen LogP contribution in [0, 0.1) is 0 Å². The first-order valence-electron chi connectivity index (χ1n) is 6.11. The molecule has 0 saturated heterocycles. The van der Waals surface area contributed by atoms with Crippen molar-refractivity contribution in [3.63, 3.8) is 0 Å². The molecule has 1 N–H and O–H groups in total. The topological polar surface area (TPSA) is 38.3 Å². The fourth-order valence-corrected chi connectivity index (χ4v) is 1.73. The fourth-order valence-electron chi connectivity index (χ4n) is 1.53. The van der Waals surface area contributed by atoms with Crippen molar-refractivity contribution in [1.82, 2.24) is 5.32 Å². The van der Waals surface area contributed by atoms with Crippen LogP contribution in [-0.4, -0.2) is 18.1 Å². The lowest BCUT2D eigenvalue weighted by molar-refractivity contribution is -0.121. The lowest BCUT2D eigenvalue weighted by Crippen LogP contribution is -2.32. The normalized spacial score (nSPS) is 12.6. The summed E-state index contributed by atoms with van der Waals surface area (Å²) in [4.78, 5) is 11.8. The van der Waals surface area contributed by atoms with E-state index >= 15 is 0 Å². The Morgan fingerprint density at radius 2 is 1.94 bits per heavy atom.